The lowest BCUT2D eigenvalue weighted by molar-refractivity contribution is 0.0727. The molecule has 0 radical (unpaired) electrons. The van der Waals surface area contributed by atoms with E-state index >= 15 is 0 Å². The lowest BCUT2D eigenvalue weighted by Crippen LogP contribution is -2.12. The number of ether oxygens (including phenoxy) is 4. The quantitative estimate of drug-likeness (QED) is 0.245. The van der Waals surface area contributed by atoms with Gasteiger partial charge in [-0.1, -0.05) is 35.3 Å². The van der Waals surface area contributed by atoms with Crippen LogP contribution in [0.25, 0.3) is 6.08 Å². The zero-order valence-electron chi connectivity index (χ0n) is 17.9. The van der Waals surface area contributed by atoms with Gasteiger partial charge < -0.3 is 18.9 Å². The van der Waals surface area contributed by atoms with E-state index in [2.05, 4.69) is 0 Å². The first-order valence-electron chi connectivity index (χ1n) is 9.79. The lowest BCUT2D eigenvalue weighted by atomic mass is 10.0. The summed E-state index contributed by atoms with van der Waals surface area (Å²) in [7, 11) is 2.90. The maximum atomic E-state index is 12.9. The fraction of sp³-hybridized carbons (Fsp3) is 0.120. The maximum Gasteiger partial charge on any atom is 0.351 e. The van der Waals surface area contributed by atoms with E-state index in [-0.39, 0.29) is 28.6 Å². The number of benzene rings is 3. The monoisotopic (exact) mass is 484 g/mol. The number of methoxy groups -OCH3 is 2. The molecule has 0 amide bonds. The summed E-state index contributed by atoms with van der Waals surface area (Å²) in [5.74, 6) is 0.262. The first-order chi connectivity index (χ1) is 15.8. The Morgan fingerprint density at radius 1 is 1.00 bits per heavy atom. The molecule has 33 heavy (non-hydrogen) atoms. The van der Waals surface area contributed by atoms with Gasteiger partial charge in [-0.2, -0.15) is 0 Å². The summed E-state index contributed by atoms with van der Waals surface area (Å²) >= 11 is 12.2. The van der Waals surface area contributed by atoms with Gasteiger partial charge in [-0.3, -0.25) is 4.79 Å². The van der Waals surface area contributed by atoms with E-state index in [0.717, 1.165) is 0 Å². The van der Waals surface area contributed by atoms with Crippen LogP contribution in [0.3, 0.4) is 0 Å². The second-order valence-corrected chi connectivity index (χ2v) is 7.99. The molecule has 0 N–H and O–H groups in total. The second kappa shape index (κ2) is 9.17. The summed E-state index contributed by atoms with van der Waals surface area (Å²) in [5, 5.41) is 0.873. The molecule has 1 aliphatic rings. The van der Waals surface area contributed by atoms with E-state index in [1.807, 2.05) is 0 Å². The number of fused-ring (bicyclic) bond motifs is 1. The largest absolute Gasteiger partial charge is 0.496 e. The molecule has 0 fully saturated rings. The second-order valence-electron chi connectivity index (χ2n) is 7.15. The molecule has 168 valence electrons. The highest BCUT2D eigenvalue weighted by molar-refractivity contribution is 6.35. The number of hydrogen-bond acceptors (Lipinski definition) is 6. The zero-order chi connectivity index (χ0) is 23.7. The lowest BCUT2D eigenvalue weighted by Gasteiger charge is -2.13. The van der Waals surface area contributed by atoms with E-state index in [9.17, 15) is 9.59 Å². The Morgan fingerprint density at radius 2 is 1.70 bits per heavy atom. The van der Waals surface area contributed by atoms with Crippen LogP contribution < -0.4 is 18.9 Å². The fourth-order valence-electron chi connectivity index (χ4n) is 3.51. The van der Waals surface area contributed by atoms with Crippen molar-refractivity contribution in [2.45, 2.75) is 6.92 Å². The molecule has 0 atom stereocenters. The number of ketones is 1. The van der Waals surface area contributed by atoms with Crippen molar-refractivity contribution < 1.29 is 28.5 Å². The number of allylic oxidation sites excluding steroid dienone is 1. The molecular formula is C25H18Cl2O6. The molecule has 0 aliphatic carbocycles. The van der Waals surface area contributed by atoms with Crippen molar-refractivity contribution in [3.8, 4) is 23.0 Å². The van der Waals surface area contributed by atoms with Crippen molar-refractivity contribution >= 4 is 41.0 Å². The summed E-state index contributed by atoms with van der Waals surface area (Å²) in [4.78, 5) is 25.8. The Kier molecular flexibility index (Phi) is 6.31. The Morgan fingerprint density at radius 3 is 2.33 bits per heavy atom. The summed E-state index contributed by atoms with van der Waals surface area (Å²) in [5.41, 5.74) is 1.72. The third-order valence-corrected chi connectivity index (χ3v) is 5.60. The molecule has 1 aliphatic heterocycles. The van der Waals surface area contributed by atoms with Crippen LogP contribution in [0.4, 0.5) is 0 Å². The molecule has 4 rings (SSSR count). The van der Waals surface area contributed by atoms with Crippen LogP contribution >= 0.6 is 23.2 Å². The van der Waals surface area contributed by atoms with Crippen LogP contribution in [0.15, 0.2) is 54.3 Å². The molecular weight excluding hydrogens is 467 g/mol. The van der Waals surface area contributed by atoms with Gasteiger partial charge in [-0.25, -0.2) is 4.79 Å². The molecule has 3 aromatic rings. The minimum absolute atomic E-state index is 0.104. The molecule has 3 aromatic carbocycles. The molecule has 0 aromatic heterocycles. The number of halogens is 2. The van der Waals surface area contributed by atoms with Crippen LogP contribution in [-0.4, -0.2) is 26.0 Å². The van der Waals surface area contributed by atoms with Gasteiger partial charge in [0, 0.05) is 16.1 Å². The van der Waals surface area contributed by atoms with Gasteiger partial charge in [-0.15, -0.1) is 0 Å². The normalized spacial score (nSPS) is 13.5. The summed E-state index contributed by atoms with van der Waals surface area (Å²) in [6.07, 6.45) is 1.55. The highest BCUT2D eigenvalue weighted by Gasteiger charge is 2.31. The van der Waals surface area contributed by atoms with Crippen LogP contribution in [0.1, 0.15) is 31.8 Å². The smallest absolute Gasteiger partial charge is 0.351 e. The van der Waals surface area contributed by atoms with Gasteiger partial charge in [0.05, 0.1) is 19.8 Å². The third-order valence-electron chi connectivity index (χ3n) is 5.04. The molecule has 8 heteroatoms. The van der Waals surface area contributed by atoms with E-state index < -0.39 is 5.97 Å². The standard InChI is InChI=1S/C25H18Cl2O6/c1-13-9-16(32-25(29)23-18(30-2)5-4-6-19(23)31-3)12-20-22(13)24(28)21(33-20)10-14-7-8-15(26)11-17(14)27/h4-12H,1-3H3/b21-10-. The van der Waals surface area contributed by atoms with Gasteiger partial charge in [0.2, 0.25) is 5.78 Å². The molecule has 0 unspecified atom stereocenters. The van der Waals surface area contributed by atoms with Crippen molar-refractivity contribution in [2.75, 3.05) is 14.2 Å². The maximum absolute atomic E-state index is 12.9. The number of Topliss-reactive ketones (excluding diaryl/α,β-unsaturated/α-hetero) is 1. The first kappa shape index (κ1) is 22.7. The highest BCUT2D eigenvalue weighted by Crippen LogP contribution is 2.39. The fourth-order valence-corrected chi connectivity index (χ4v) is 3.97. The van der Waals surface area contributed by atoms with Gasteiger partial charge in [0.25, 0.3) is 0 Å². The van der Waals surface area contributed by atoms with Crippen molar-refractivity contribution in [3.63, 3.8) is 0 Å². The van der Waals surface area contributed by atoms with Crippen LogP contribution in [0, 0.1) is 6.92 Å². The van der Waals surface area contributed by atoms with E-state index in [1.165, 1.54) is 20.3 Å². The minimum atomic E-state index is -0.670. The van der Waals surface area contributed by atoms with Crippen molar-refractivity contribution in [2.24, 2.45) is 0 Å². The third kappa shape index (κ3) is 4.40. The van der Waals surface area contributed by atoms with Gasteiger partial charge in [0.1, 0.15) is 28.6 Å². The predicted octanol–water partition coefficient (Wildman–Crippen LogP) is 6.15. The van der Waals surface area contributed by atoms with Crippen LogP contribution in [-0.2, 0) is 0 Å². The number of hydrogen-bond donors (Lipinski definition) is 0. The van der Waals surface area contributed by atoms with E-state index in [0.29, 0.717) is 38.2 Å². The predicted molar refractivity (Wildman–Crippen MR) is 125 cm³/mol. The first-order valence-corrected chi connectivity index (χ1v) is 10.5. The topological polar surface area (TPSA) is 71.1 Å². The molecule has 0 bridgehead atoms. The Hall–Kier alpha value is -3.48. The average molecular weight is 485 g/mol. The number of carbonyl (C=O) groups is 2. The summed E-state index contributed by atoms with van der Waals surface area (Å²) < 4.78 is 21.9. The number of carbonyl (C=O) groups excluding carboxylic acids is 2. The zero-order valence-corrected chi connectivity index (χ0v) is 19.4. The Labute approximate surface area is 200 Å². The van der Waals surface area contributed by atoms with E-state index in [4.69, 9.17) is 42.1 Å². The Bertz CT molecular complexity index is 1290. The van der Waals surface area contributed by atoms with Crippen molar-refractivity contribution in [1.82, 2.24) is 0 Å². The molecule has 0 spiro atoms. The highest BCUT2D eigenvalue weighted by atomic mass is 35.5. The van der Waals surface area contributed by atoms with Gasteiger partial charge >= 0.3 is 5.97 Å². The molecule has 6 nitrogen and oxygen atoms in total. The van der Waals surface area contributed by atoms with E-state index in [1.54, 1.807) is 55.5 Å². The van der Waals surface area contributed by atoms with Gasteiger partial charge in [0.15, 0.2) is 5.76 Å². The average Bonchev–Trinajstić information content (AvgIpc) is 3.10. The SMILES string of the molecule is COc1cccc(OC)c1C(=O)Oc1cc(C)c2c(c1)O/C(=C\c1ccc(Cl)cc1Cl)C2=O. The molecule has 0 saturated carbocycles. The Balaban J connectivity index is 1.65. The molecule has 1 heterocycles. The van der Waals surface area contributed by atoms with Crippen LogP contribution in [0.2, 0.25) is 10.0 Å². The number of esters is 1. The van der Waals surface area contributed by atoms with Crippen LogP contribution in [0.5, 0.6) is 23.0 Å². The number of rotatable bonds is 5. The van der Waals surface area contributed by atoms with Crippen molar-refractivity contribution in [1.29, 1.82) is 0 Å². The van der Waals surface area contributed by atoms with Gasteiger partial charge in [-0.05, 0) is 54.5 Å². The minimum Gasteiger partial charge on any atom is -0.496 e. The van der Waals surface area contributed by atoms with Crippen molar-refractivity contribution in [3.05, 3.63) is 86.6 Å². The number of aryl methyl sites for hydroxylation is 1. The molecule has 0 saturated heterocycles. The summed E-state index contributed by atoms with van der Waals surface area (Å²) in [6, 6.07) is 13.0. The summed E-state index contributed by atoms with van der Waals surface area (Å²) in [6.45, 7) is 1.74.